The SMILES string of the molecule is COc1ccc(Cl)cc1S(=O)(=O)N1CCN(C(=O)COc2ccc(-n3cnnn3)cc2)CC1. The van der Waals surface area contributed by atoms with Crippen LogP contribution in [0.4, 0.5) is 0 Å². The van der Waals surface area contributed by atoms with Gasteiger partial charge >= 0.3 is 0 Å². The zero-order chi connectivity index (χ0) is 23.4. The lowest BCUT2D eigenvalue weighted by molar-refractivity contribution is -0.134. The number of benzene rings is 2. The number of carbonyl (C=O) groups excluding carboxylic acids is 1. The zero-order valence-corrected chi connectivity index (χ0v) is 19.2. The van der Waals surface area contributed by atoms with Crippen LogP contribution in [0.25, 0.3) is 5.69 Å². The number of methoxy groups -OCH3 is 1. The Labute approximate surface area is 195 Å². The molecule has 3 aromatic rings. The van der Waals surface area contributed by atoms with Crippen molar-refractivity contribution in [2.45, 2.75) is 4.90 Å². The molecule has 0 N–H and O–H groups in total. The maximum atomic E-state index is 13.1. The smallest absolute Gasteiger partial charge is 0.260 e. The van der Waals surface area contributed by atoms with Crippen LogP contribution in [0, 0.1) is 0 Å². The molecule has 1 fully saturated rings. The summed E-state index contributed by atoms with van der Waals surface area (Å²) in [7, 11) is -2.41. The highest BCUT2D eigenvalue weighted by atomic mass is 35.5. The van der Waals surface area contributed by atoms with Crippen molar-refractivity contribution in [3.8, 4) is 17.2 Å². The molecule has 1 amide bonds. The third-order valence-electron chi connectivity index (χ3n) is 5.15. The van der Waals surface area contributed by atoms with Crippen LogP contribution in [0.5, 0.6) is 11.5 Å². The summed E-state index contributed by atoms with van der Waals surface area (Å²) in [5.41, 5.74) is 0.757. The van der Waals surface area contributed by atoms with Gasteiger partial charge in [0.2, 0.25) is 10.0 Å². The van der Waals surface area contributed by atoms with Crippen molar-refractivity contribution < 1.29 is 22.7 Å². The first-order valence-corrected chi connectivity index (χ1v) is 11.8. The topological polar surface area (TPSA) is 120 Å². The average molecular weight is 493 g/mol. The summed E-state index contributed by atoms with van der Waals surface area (Å²) in [5.74, 6) is 0.517. The van der Waals surface area contributed by atoms with Crippen LogP contribution in [-0.2, 0) is 14.8 Å². The van der Waals surface area contributed by atoms with Crippen molar-refractivity contribution in [3.05, 3.63) is 53.8 Å². The van der Waals surface area contributed by atoms with Gasteiger partial charge in [0.25, 0.3) is 5.91 Å². The van der Waals surface area contributed by atoms with Crippen molar-refractivity contribution in [3.63, 3.8) is 0 Å². The molecule has 174 valence electrons. The molecule has 0 radical (unpaired) electrons. The van der Waals surface area contributed by atoms with Gasteiger partial charge in [0, 0.05) is 31.2 Å². The number of piperazine rings is 1. The predicted octanol–water partition coefficient (Wildman–Crippen LogP) is 1.24. The number of sulfonamides is 1. The molecule has 1 saturated heterocycles. The van der Waals surface area contributed by atoms with E-state index in [-0.39, 0.29) is 49.3 Å². The molecule has 1 aromatic heterocycles. The quantitative estimate of drug-likeness (QED) is 0.483. The molecule has 2 heterocycles. The number of hydrogen-bond acceptors (Lipinski definition) is 8. The number of tetrazole rings is 1. The summed E-state index contributed by atoms with van der Waals surface area (Å²) in [5, 5.41) is 11.3. The van der Waals surface area contributed by atoms with Crippen LogP contribution < -0.4 is 9.47 Å². The Bertz CT molecular complexity index is 1210. The molecule has 1 aliphatic heterocycles. The fraction of sp³-hybridized carbons (Fsp3) is 0.300. The lowest BCUT2D eigenvalue weighted by Crippen LogP contribution is -2.51. The van der Waals surface area contributed by atoms with E-state index >= 15 is 0 Å². The van der Waals surface area contributed by atoms with Gasteiger partial charge in [0.05, 0.1) is 12.8 Å². The summed E-state index contributed by atoms with van der Waals surface area (Å²) in [6.45, 7) is 0.666. The molecule has 0 aliphatic carbocycles. The van der Waals surface area contributed by atoms with E-state index in [4.69, 9.17) is 21.1 Å². The first-order valence-electron chi connectivity index (χ1n) is 9.96. The van der Waals surface area contributed by atoms with Crippen LogP contribution in [0.15, 0.2) is 53.7 Å². The van der Waals surface area contributed by atoms with E-state index < -0.39 is 10.0 Å². The van der Waals surface area contributed by atoms with Crippen molar-refractivity contribution in [1.29, 1.82) is 0 Å². The minimum Gasteiger partial charge on any atom is -0.495 e. The first kappa shape index (κ1) is 23.0. The second kappa shape index (κ2) is 9.73. The van der Waals surface area contributed by atoms with Crippen molar-refractivity contribution in [2.75, 3.05) is 39.9 Å². The van der Waals surface area contributed by atoms with Gasteiger partial charge in [-0.2, -0.15) is 4.31 Å². The minimum absolute atomic E-state index is 0.00531. The number of rotatable bonds is 7. The molecule has 0 saturated carbocycles. The number of nitrogens with zero attached hydrogens (tertiary/aromatic N) is 6. The Hall–Kier alpha value is -3.22. The fourth-order valence-electron chi connectivity index (χ4n) is 3.38. The van der Waals surface area contributed by atoms with Gasteiger partial charge in [-0.25, -0.2) is 13.1 Å². The predicted molar refractivity (Wildman–Crippen MR) is 118 cm³/mol. The summed E-state index contributed by atoms with van der Waals surface area (Å²) < 4.78 is 39.7. The molecule has 2 aromatic carbocycles. The van der Waals surface area contributed by atoms with E-state index in [2.05, 4.69) is 15.5 Å². The number of aromatic nitrogens is 4. The molecule has 1 aliphatic rings. The highest BCUT2D eigenvalue weighted by molar-refractivity contribution is 7.89. The van der Waals surface area contributed by atoms with E-state index in [0.29, 0.717) is 10.8 Å². The second-order valence-electron chi connectivity index (χ2n) is 7.12. The van der Waals surface area contributed by atoms with Crippen molar-refractivity contribution in [2.24, 2.45) is 0 Å². The van der Waals surface area contributed by atoms with E-state index in [1.165, 1.54) is 34.6 Å². The molecule has 4 rings (SSSR count). The van der Waals surface area contributed by atoms with E-state index in [0.717, 1.165) is 5.69 Å². The van der Waals surface area contributed by atoms with Crippen LogP contribution in [0.1, 0.15) is 0 Å². The third-order valence-corrected chi connectivity index (χ3v) is 7.30. The maximum absolute atomic E-state index is 13.1. The van der Waals surface area contributed by atoms with E-state index in [1.54, 1.807) is 35.2 Å². The summed E-state index contributed by atoms with van der Waals surface area (Å²) in [4.78, 5) is 14.1. The van der Waals surface area contributed by atoms with Crippen LogP contribution in [-0.4, -0.2) is 83.6 Å². The molecule has 0 unspecified atom stereocenters. The average Bonchev–Trinajstić information content (AvgIpc) is 3.38. The van der Waals surface area contributed by atoms with Crippen molar-refractivity contribution in [1.82, 2.24) is 29.4 Å². The largest absolute Gasteiger partial charge is 0.495 e. The molecule has 0 bridgehead atoms. The molecule has 0 spiro atoms. The summed E-state index contributed by atoms with van der Waals surface area (Å²) in [6, 6.07) is 11.4. The van der Waals surface area contributed by atoms with Gasteiger partial charge in [-0.15, -0.1) is 5.10 Å². The Balaban J connectivity index is 1.32. The van der Waals surface area contributed by atoms with Crippen LogP contribution >= 0.6 is 11.6 Å². The molecule has 0 atom stereocenters. The van der Waals surface area contributed by atoms with E-state index in [1.807, 2.05) is 0 Å². The lowest BCUT2D eigenvalue weighted by Gasteiger charge is -2.34. The zero-order valence-electron chi connectivity index (χ0n) is 17.7. The van der Waals surface area contributed by atoms with Crippen LogP contribution in [0.2, 0.25) is 5.02 Å². The Morgan fingerprint density at radius 1 is 1.09 bits per heavy atom. The van der Waals surface area contributed by atoms with Gasteiger partial charge in [-0.3, -0.25) is 4.79 Å². The van der Waals surface area contributed by atoms with E-state index in [9.17, 15) is 13.2 Å². The normalized spacial score (nSPS) is 14.8. The molecular weight excluding hydrogens is 472 g/mol. The number of hydrogen-bond donors (Lipinski definition) is 0. The Kier molecular flexibility index (Phi) is 6.77. The standard InChI is InChI=1S/C20H21ClN6O5S/c1-31-18-7-2-15(21)12-19(18)33(29,30)26-10-8-25(9-11-26)20(28)13-32-17-5-3-16(4-6-17)27-14-22-23-24-27/h2-7,12,14H,8-11,13H2,1H3. The number of amides is 1. The number of halogens is 1. The van der Waals surface area contributed by atoms with Crippen molar-refractivity contribution >= 4 is 27.5 Å². The monoisotopic (exact) mass is 492 g/mol. The number of ether oxygens (including phenoxy) is 2. The van der Waals surface area contributed by atoms with Crippen LogP contribution in [0.3, 0.4) is 0 Å². The molecule has 13 heteroatoms. The third kappa shape index (κ3) is 5.07. The Morgan fingerprint density at radius 3 is 2.45 bits per heavy atom. The Morgan fingerprint density at radius 2 is 1.82 bits per heavy atom. The van der Waals surface area contributed by atoms with Gasteiger partial charge in [0.15, 0.2) is 6.61 Å². The van der Waals surface area contributed by atoms with Gasteiger partial charge in [-0.1, -0.05) is 11.6 Å². The van der Waals surface area contributed by atoms with Gasteiger partial charge in [0.1, 0.15) is 22.7 Å². The van der Waals surface area contributed by atoms with Gasteiger partial charge in [-0.05, 0) is 52.9 Å². The lowest BCUT2D eigenvalue weighted by atomic mass is 10.3. The van der Waals surface area contributed by atoms with Gasteiger partial charge < -0.3 is 14.4 Å². The molecule has 33 heavy (non-hydrogen) atoms. The fourth-order valence-corrected chi connectivity index (χ4v) is 5.22. The molecule has 11 nitrogen and oxygen atoms in total. The highest BCUT2D eigenvalue weighted by Gasteiger charge is 2.32. The first-order chi connectivity index (χ1) is 15.9. The highest BCUT2D eigenvalue weighted by Crippen LogP contribution is 2.30. The minimum atomic E-state index is -3.82. The molecular formula is C20H21ClN6O5S. The summed E-state index contributed by atoms with van der Waals surface area (Å²) >= 11 is 5.99. The maximum Gasteiger partial charge on any atom is 0.260 e. The second-order valence-corrected chi connectivity index (χ2v) is 9.46. The summed E-state index contributed by atoms with van der Waals surface area (Å²) in [6.07, 6.45) is 1.47. The number of carbonyl (C=O) groups is 1.